The largest absolute Gasteiger partial charge is 0.416 e. The van der Waals surface area contributed by atoms with Crippen LogP contribution in [-0.2, 0) is 6.18 Å². The second kappa shape index (κ2) is 5.83. The van der Waals surface area contributed by atoms with E-state index in [1.807, 2.05) is 19.2 Å². The van der Waals surface area contributed by atoms with Gasteiger partial charge in [-0.15, -0.1) is 11.3 Å². The van der Waals surface area contributed by atoms with E-state index in [0.29, 0.717) is 12.2 Å². The van der Waals surface area contributed by atoms with Gasteiger partial charge in [-0.3, -0.25) is 0 Å². The molecule has 0 saturated heterocycles. The molecule has 0 radical (unpaired) electrons. The fraction of sp³-hybridized carbons (Fsp3) is 0.357. The van der Waals surface area contributed by atoms with E-state index < -0.39 is 11.7 Å². The molecule has 0 amide bonds. The number of rotatable bonds is 4. The smallest absolute Gasteiger partial charge is 0.370 e. The molecule has 0 spiro atoms. The summed E-state index contributed by atoms with van der Waals surface area (Å²) in [5.74, 6) is 0.266. The summed E-state index contributed by atoms with van der Waals surface area (Å²) >= 11 is 1.49. The monoisotopic (exact) mass is 300 g/mol. The number of nitrogens with zero attached hydrogens (tertiary/aromatic N) is 1. The van der Waals surface area contributed by atoms with E-state index in [1.165, 1.54) is 11.3 Å². The molecule has 0 aliphatic carbocycles. The summed E-state index contributed by atoms with van der Waals surface area (Å²) in [5, 5.41) is 4.77. The summed E-state index contributed by atoms with van der Waals surface area (Å²) in [4.78, 5) is 5.24. The molecule has 0 saturated carbocycles. The molecule has 0 bridgehead atoms. The van der Waals surface area contributed by atoms with Crippen molar-refractivity contribution in [2.45, 2.75) is 26.4 Å². The zero-order valence-corrected chi connectivity index (χ0v) is 12.0. The molecule has 2 aromatic heterocycles. The van der Waals surface area contributed by atoms with E-state index in [1.54, 1.807) is 6.07 Å². The molecule has 2 nitrogen and oxygen atoms in total. The summed E-state index contributed by atoms with van der Waals surface area (Å²) in [6.07, 6.45) is -3.55. The van der Waals surface area contributed by atoms with Gasteiger partial charge < -0.3 is 5.32 Å². The summed E-state index contributed by atoms with van der Waals surface area (Å²) in [6, 6.07) is 3.96. The fourth-order valence-electron chi connectivity index (χ4n) is 1.83. The number of nitrogens with one attached hydrogen (secondary N) is 1. The van der Waals surface area contributed by atoms with Crippen LogP contribution in [0.25, 0.3) is 11.3 Å². The van der Waals surface area contributed by atoms with Crippen molar-refractivity contribution in [3.63, 3.8) is 0 Å². The third-order valence-corrected chi connectivity index (χ3v) is 3.69. The van der Waals surface area contributed by atoms with Crippen LogP contribution >= 0.6 is 11.3 Å². The minimum Gasteiger partial charge on any atom is -0.370 e. The maximum Gasteiger partial charge on any atom is 0.416 e. The van der Waals surface area contributed by atoms with Crippen molar-refractivity contribution in [3.8, 4) is 11.3 Å². The van der Waals surface area contributed by atoms with Gasteiger partial charge in [0.1, 0.15) is 5.82 Å². The first kappa shape index (κ1) is 14.8. The number of alkyl halides is 3. The lowest BCUT2D eigenvalue weighted by molar-refractivity contribution is -0.137. The number of anilines is 1. The van der Waals surface area contributed by atoms with Crippen LogP contribution in [-0.4, -0.2) is 11.5 Å². The highest BCUT2D eigenvalue weighted by atomic mass is 32.1. The molecule has 108 valence electrons. The minimum atomic E-state index is -4.37. The molecule has 2 aromatic rings. The zero-order chi connectivity index (χ0) is 14.8. The van der Waals surface area contributed by atoms with E-state index in [-0.39, 0.29) is 5.82 Å². The Kier molecular flexibility index (Phi) is 4.32. The van der Waals surface area contributed by atoms with E-state index in [9.17, 15) is 13.2 Å². The number of aryl methyl sites for hydroxylation is 1. The fourth-order valence-corrected chi connectivity index (χ4v) is 2.53. The molecule has 0 fully saturated rings. The molecular formula is C14H15F3N2S. The van der Waals surface area contributed by atoms with Crippen LogP contribution in [0.2, 0.25) is 0 Å². The van der Waals surface area contributed by atoms with Gasteiger partial charge in [0.15, 0.2) is 0 Å². The average Bonchev–Trinajstić information content (AvgIpc) is 2.81. The van der Waals surface area contributed by atoms with Crippen LogP contribution in [0.1, 0.15) is 23.8 Å². The number of halogens is 3. The van der Waals surface area contributed by atoms with Crippen LogP contribution in [0.5, 0.6) is 0 Å². The highest BCUT2D eigenvalue weighted by Crippen LogP contribution is 2.35. The van der Waals surface area contributed by atoms with Gasteiger partial charge >= 0.3 is 6.18 Å². The molecular weight excluding hydrogens is 285 g/mol. The second-order valence-electron chi connectivity index (χ2n) is 4.44. The van der Waals surface area contributed by atoms with Gasteiger partial charge in [-0.1, -0.05) is 6.92 Å². The predicted molar refractivity (Wildman–Crippen MR) is 76.1 cm³/mol. The quantitative estimate of drug-likeness (QED) is 0.863. The summed E-state index contributed by atoms with van der Waals surface area (Å²) in [7, 11) is 0. The third kappa shape index (κ3) is 3.30. The van der Waals surface area contributed by atoms with Crippen molar-refractivity contribution in [1.29, 1.82) is 0 Å². The van der Waals surface area contributed by atoms with Gasteiger partial charge in [-0.25, -0.2) is 4.98 Å². The van der Waals surface area contributed by atoms with Crippen LogP contribution in [0.15, 0.2) is 23.6 Å². The Morgan fingerprint density at radius 2 is 2.05 bits per heavy atom. The molecule has 1 N–H and O–H groups in total. The Balaban J connectivity index is 2.48. The molecule has 0 aromatic carbocycles. The number of hydrogen-bond acceptors (Lipinski definition) is 3. The van der Waals surface area contributed by atoms with Gasteiger partial charge in [0.2, 0.25) is 0 Å². The van der Waals surface area contributed by atoms with Gasteiger partial charge in [0.25, 0.3) is 0 Å². The maximum atomic E-state index is 13.0. The van der Waals surface area contributed by atoms with Crippen molar-refractivity contribution in [1.82, 2.24) is 4.98 Å². The summed E-state index contributed by atoms with van der Waals surface area (Å²) in [5.41, 5.74) is 0.435. The van der Waals surface area contributed by atoms with Crippen molar-refractivity contribution in [2.75, 3.05) is 11.9 Å². The van der Waals surface area contributed by atoms with Crippen LogP contribution < -0.4 is 5.32 Å². The maximum absolute atomic E-state index is 13.0. The van der Waals surface area contributed by atoms with E-state index >= 15 is 0 Å². The topological polar surface area (TPSA) is 24.9 Å². The van der Waals surface area contributed by atoms with Gasteiger partial charge in [-0.05, 0) is 36.9 Å². The number of pyridine rings is 1. The first-order chi connectivity index (χ1) is 9.41. The van der Waals surface area contributed by atoms with Crippen molar-refractivity contribution in [2.24, 2.45) is 0 Å². The van der Waals surface area contributed by atoms with Gasteiger partial charge in [0, 0.05) is 17.0 Å². The Morgan fingerprint density at radius 1 is 1.30 bits per heavy atom. The minimum absolute atomic E-state index is 0.266. The lowest BCUT2D eigenvalue weighted by atomic mass is 10.1. The highest BCUT2D eigenvalue weighted by Gasteiger charge is 2.31. The molecule has 2 heterocycles. The Hall–Kier alpha value is -1.56. The molecule has 0 aliphatic rings. The first-order valence-corrected chi connectivity index (χ1v) is 7.17. The van der Waals surface area contributed by atoms with E-state index in [2.05, 4.69) is 10.3 Å². The lowest BCUT2D eigenvalue weighted by Gasteiger charge is -2.12. The second-order valence-corrected chi connectivity index (χ2v) is 5.56. The first-order valence-electron chi connectivity index (χ1n) is 6.29. The van der Waals surface area contributed by atoms with Gasteiger partial charge in [0.05, 0.1) is 11.3 Å². The number of thiophene rings is 1. The summed E-state index contributed by atoms with van der Waals surface area (Å²) < 4.78 is 38.9. The van der Waals surface area contributed by atoms with Crippen LogP contribution in [0.3, 0.4) is 0 Å². The number of aromatic nitrogens is 1. The van der Waals surface area contributed by atoms with Crippen molar-refractivity contribution in [3.05, 3.63) is 34.0 Å². The highest BCUT2D eigenvalue weighted by molar-refractivity contribution is 7.10. The Bertz CT molecular complexity index is 590. The molecule has 0 unspecified atom stereocenters. The van der Waals surface area contributed by atoms with Crippen LogP contribution in [0.4, 0.5) is 19.0 Å². The lowest BCUT2D eigenvalue weighted by Crippen LogP contribution is -2.09. The number of hydrogen-bond donors (Lipinski definition) is 1. The zero-order valence-electron chi connectivity index (χ0n) is 11.2. The Labute approximate surface area is 119 Å². The molecule has 0 atom stereocenters. The van der Waals surface area contributed by atoms with Crippen LogP contribution in [0, 0.1) is 6.92 Å². The summed E-state index contributed by atoms with van der Waals surface area (Å²) in [6.45, 7) is 4.42. The molecule has 0 aliphatic heterocycles. The van der Waals surface area contributed by atoms with Gasteiger partial charge in [-0.2, -0.15) is 13.2 Å². The van der Waals surface area contributed by atoms with E-state index in [4.69, 9.17) is 0 Å². The predicted octanol–water partition coefficient (Wildman–Crippen LogP) is 4.96. The van der Waals surface area contributed by atoms with E-state index in [0.717, 1.165) is 29.0 Å². The average molecular weight is 300 g/mol. The Morgan fingerprint density at radius 3 is 2.60 bits per heavy atom. The normalized spacial score (nSPS) is 11.7. The SMILES string of the molecule is CCCNc1cc(C(F)(F)F)cc(-c2ccsc2C)n1. The molecule has 6 heteroatoms. The van der Waals surface area contributed by atoms with Crippen molar-refractivity contribution >= 4 is 17.2 Å². The third-order valence-electron chi connectivity index (χ3n) is 2.84. The molecule has 2 rings (SSSR count). The van der Waals surface area contributed by atoms with Crippen molar-refractivity contribution < 1.29 is 13.2 Å². The molecule has 20 heavy (non-hydrogen) atoms. The standard InChI is InChI=1S/C14H15F3N2S/c1-3-5-18-13-8-10(14(15,16)17)7-12(19-13)11-4-6-20-9(11)2/h4,6-8H,3,5H2,1-2H3,(H,18,19).